The van der Waals surface area contributed by atoms with E-state index >= 15 is 0 Å². The topological polar surface area (TPSA) is 104 Å². The van der Waals surface area contributed by atoms with Crippen molar-refractivity contribution in [3.05, 3.63) is 10.6 Å². The standard InChI is InChI=1S/C36H57N3O4S/c1-31(2)24-12-15-34(6)25(33(24,5)19-23-28(31)38-30(44-23)39-29(41)21-10-9-17-37-21)18-22(40)27-20(11-14-35(27,34)7)36(8)16-13-26(43-36)32(3,4)42/h20-22,24-27,37,40,42H,9-19H2,1-8H3,(H,38,39,41)/t20-,21+,22+,24-,25+,26-,27-,33-,34+,35+,36-/m0/s1. The molecule has 6 aliphatic rings. The first-order valence-corrected chi connectivity index (χ1v) is 18.4. The lowest BCUT2D eigenvalue weighted by atomic mass is 9.35. The van der Waals surface area contributed by atoms with Crippen molar-refractivity contribution in [2.45, 2.75) is 154 Å². The minimum Gasteiger partial charge on any atom is -0.393 e. The third-order valence-electron chi connectivity index (χ3n) is 14.9. The zero-order chi connectivity index (χ0) is 31.7. The van der Waals surface area contributed by atoms with E-state index < -0.39 is 5.60 Å². The van der Waals surface area contributed by atoms with Gasteiger partial charge in [0.25, 0.3) is 0 Å². The molecule has 0 spiro atoms. The van der Waals surface area contributed by atoms with Crippen molar-refractivity contribution in [3.8, 4) is 0 Å². The molecule has 1 aromatic rings. The van der Waals surface area contributed by atoms with E-state index in [4.69, 9.17) is 9.72 Å². The number of thiazole rings is 1. The van der Waals surface area contributed by atoms with Gasteiger partial charge in [-0.3, -0.25) is 4.79 Å². The second kappa shape index (κ2) is 9.98. The Kier molecular flexibility index (Phi) is 7.15. The van der Waals surface area contributed by atoms with Crippen LogP contribution in [-0.2, 0) is 21.4 Å². The molecule has 44 heavy (non-hydrogen) atoms. The van der Waals surface area contributed by atoms with Gasteiger partial charge in [0, 0.05) is 10.3 Å². The number of aliphatic hydroxyl groups is 2. The lowest BCUT2D eigenvalue weighted by Crippen LogP contribution is -2.66. The number of carbonyl (C=O) groups excluding carboxylic acids is 1. The number of ether oxygens (including phenoxy) is 1. The summed E-state index contributed by atoms with van der Waals surface area (Å²) in [6, 6.07) is -0.115. The van der Waals surface area contributed by atoms with Crippen LogP contribution in [0.3, 0.4) is 0 Å². The van der Waals surface area contributed by atoms with Gasteiger partial charge in [0.15, 0.2) is 5.13 Å². The fourth-order valence-electron chi connectivity index (χ4n) is 12.5. The van der Waals surface area contributed by atoms with Crippen molar-refractivity contribution in [1.82, 2.24) is 10.3 Å². The van der Waals surface area contributed by atoms with Crippen molar-refractivity contribution in [2.75, 3.05) is 11.9 Å². The molecule has 0 radical (unpaired) electrons. The molecule has 7 rings (SSSR count). The van der Waals surface area contributed by atoms with Crippen LogP contribution < -0.4 is 10.6 Å². The number of hydrogen-bond acceptors (Lipinski definition) is 7. The molecule has 0 bridgehead atoms. The molecule has 0 unspecified atom stereocenters. The summed E-state index contributed by atoms with van der Waals surface area (Å²) < 4.78 is 6.74. The average molecular weight is 628 g/mol. The highest BCUT2D eigenvalue weighted by molar-refractivity contribution is 7.15. The Morgan fingerprint density at radius 1 is 1.02 bits per heavy atom. The summed E-state index contributed by atoms with van der Waals surface area (Å²) in [6.07, 6.45) is 9.60. The van der Waals surface area contributed by atoms with Gasteiger partial charge in [0.1, 0.15) is 0 Å². The van der Waals surface area contributed by atoms with Gasteiger partial charge < -0.3 is 25.6 Å². The third kappa shape index (κ3) is 4.32. The SMILES string of the molecule is CC(C)(O)[C@@H]1CC[C@@](C)([C@H]2CC[C@]3(C)[C@@H]2[C@H](O)C[C@@H]2[C@@]4(C)Cc5sc(NC(=O)[C@H]6CCCN6)nc5C(C)(C)[C@@H]4CC[C@]23C)O1. The Hall–Kier alpha value is -1.06. The summed E-state index contributed by atoms with van der Waals surface area (Å²) >= 11 is 1.69. The molecule has 3 saturated carbocycles. The predicted molar refractivity (Wildman–Crippen MR) is 175 cm³/mol. The van der Waals surface area contributed by atoms with E-state index in [-0.39, 0.29) is 57.3 Å². The summed E-state index contributed by atoms with van der Waals surface area (Å²) in [7, 11) is 0. The van der Waals surface area contributed by atoms with E-state index in [9.17, 15) is 15.0 Å². The summed E-state index contributed by atoms with van der Waals surface area (Å²) in [5.74, 6) is 1.42. The Bertz CT molecular complexity index is 1320. The molecule has 7 nitrogen and oxygen atoms in total. The van der Waals surface area contributed by atoms with Crippen molar-refractivity contribution in [1.29, 1.82) is 0 Å². The van der Waals surface area contributed by atoms with E-state index in [0.717, 1.165) is 63.0 Å². The summed E-state index contributed by atoms with van der Waals surface area (Å²) in [6.45, 7) is 19.3. The molecular weight excluding hydrogens is 570 g/mol. The van der Waals surface area contributed by atoms with E-state index in [1.54, 1.807) is 11.3 Å². The van der Waals surface area contributed by atoms with Gasteiger partial charge in [-0.25, -0.2) is 4.98 Å². The van der Waals surface area contributed by atoms with Crippen LogP contribution in [0.4, 0.5) is 5.13 Å². The number of carbonyl (C=O) groups is 1. The number of aromatic nitrogens is 1. The zero-order valence-corrected chi connectivity index (χ0v) is 29.2. The Balaban J connectivity index is 1.19. The van der Waals surface area contributed by atoms with Crippen LogP contribution in [0.15, 0.2) is 0 Å². The monoisotopic (exact) mass is 627 g/mol. The minimum atomic E-state index is -0.853. The average Bonchev–Trinajstić information content (AvgIpc) is 3.71. The highest BCUT2D eigenvalue weighted by Gasteiger charge is 2.72. The van der Waals surface area contributed by atoms with Gasteiger partial charge in [-0.2, -0.15) is 0 Å². The van der Waals surface area contributed by atoms with Crippen LogP contribution in [0.25, 0.3) is 0 Å². The third-order valence-corrected chi connectivity index (χ3v) is 15.8. The van der Waals surface area contributed by atoms with Crippen molar-refractivity contribution in [2.24, 2.45) is 39.9 Å². The largest absolute Gasteiger partial charge is 0.393 e. The molecule has 2 saturated heterocycles. The van der Waals surface area contributed by atoms with E-state index in [2.05, 4.69) is 52.2 Å². The van der Waals surface area contributed by atoms with Gasteiger partial charge in [0.2, 0.25) is 5.91 Å². The normalized spacial score (nSPS) is 47.9. The number of amides is 1. The molecule has 4 aliphatic carbocycles. The van der Waals surface area contributed by atoms with Gasteiger partial charge in [0.05, 0.1) is 35.1 Å². The number of rotatable bonds is 4. The molecule has 11 atom stereocenters. The minimum absolute atomic E-state index is 0.0265. The van der Waals surface area contributed by atoms with Gasteiger partial charge in [-0.05, 0) is 131 Å². The highest BCUT2D eigenvalue weighted by Crippen LogP contribution is 2.76. The maximum atomic E-state index is 13.0. The molecular formula is C36H57N3O4S. The first kappa shape index (κ1) is 31.5. The van der Waals surface area contributed by atoms with Crippen LogP contribution in [0.2, 0.25) is 0 Å². The molecule has 1 aromatic heterocycles. The van der Waals surface area contributed by atoms with Crippen LogP contribution in [0.5, 0.6) is 0 Å². The summed E-state index contributed by atoms with van der Waals surface area (Å²) in [5, 5.41) is 30.2. The van der Waals surface area contributed by atoms with Crippen molar-refractivity contribution in [3.63, 3.8) is 0 Å². The zero-order valence-electron chi connectivity index (χ0n) is 28.4. The van der Waals surface area contributed by atoms with Gasteiger partial charge in [-0.1, -0.05) is 34.6 Å². The Morgan fingerprint density at radius 3 is 2.41 bits per heavy atom. The second-order valence-corrected chi connectivity index (χ2v) is 19.0. The van der Waals surface area contributed by atoms with Crippen molar-refractivity contribution < 1.29 is 19.7 Å². The predicted octanol–water partition coefficient (Wildman–Crippen LogP) is 6.21. The fourth-order valence-corrected chi connectivity index (χ4v) is 13.8. The molecule has 8 heteroatoms. The van der Waals surface area contributed by atoms with E-state index in [1.165, 1.54) is 23.4 Å². The molecule has 5 fully saturated rings. The fraction of sp³-hybridized carbons (Fsp3) is 0.889. The number of anilines is 1. The first-order valence-electron chi connectivity index (χ1n) is 17.6. The number of aliphatic hydroxyl groups excluding tert-OH is 1. The van der Waals surface area contributed by atoms with Gasteiger partial charge >= 0.3 is 0 Å². The maximum Gasteiger partial charge on any atom is 0.243 e. The number of nitrogens with zero attached hydrogens (tertiary/aromatic N) is 1. The number of nitrogens with one attached hydrogen (secondary N) is 2. The number of hydrogen-bond donors (Lipinski definition) is 4. The van der Waals surface area contributed by atoms with Crippen LogP contribution >= 0.6 is 11.3 Å². The quantitative estimate of drug-likeness (QED) is 0.317. The Morgan fingerprint density at radius 2 is 1.75 bits per heavy atom. The maximum absolute atomic E-state index is 13.0. The molecule has 0 aromatic carbocycles. The molecule has 3 heterocycles. The molecule has 1 amide bonds. The van der Waals surface area contributed by atoms with Crippen molar-refractivity contribution >= 4 is 22.4 Å². The lowest BCUT2D eigenvalue weighted by Gasteiger charge is -2.69. The van der Waals surface area contributed by atoms with Gasteiger partial charge in [-0.15, -0.1) is 11.3 Å². The number of fused-ring (bicyclic) bond motifs is 6. The smallest absolute Gasteiger partial charge is 0.243 e. The van der Waals surface area contributed by atoms with E-state index in [1.807, 2.05) is 13.8 Å². The highest BCUT2D eigenvalue weighted by atomic mass is 32.1. The molecule has 246 valence electrons. The second-order valence-electron chi connectivity index (χ2n) is 17.9. The van der Waals surface area contributed by atoms with Crippen LogP contribution in [0, 0.1) is 39.9 Å². The molecule has 2 aliphatic heterocycles. The van der Waals surface area contributed by atoms with E-state index in [0.29, 0.717) is 17.8 Å². The Labute approximate surface area is 268 Å². The summed E-state index contributed by atoms with van der Waals surface area (Å²) in [5.41, 5.74) is 0.0943. The van der Waals surface area contributed by atoms with Crippen LogP contribution in [0.1, 0.15) is 124 Å². The first-order chi connectivity index (χ1) is 20.4. The lowest BCUT2D eigenvalue weighted by molar-refractivity contribution is -0.227. The van der Waals surface area contributed by atoms with Crippen LogP contribution in [-0.4, -0.2) is 57.1 Å². The summed E-state index contributed by atoms with van der Waals surface area (Å²) in [4.78, 5) is 19.4. The molecule has 4 N–H and O–H groups in total.